The fourth-order valence-corrected chi connectivity index (χ4v) is 4.62. The summed E-state index contributed by atoms with van der Waals surface area (Å²) in [5, 5.41) is 6.13. The minimum absolute atomic E-state index is 0.0223. The lowest BCUT2D eigenvalue weighted by molar-refractivity contribution is -0.117. The topological polar surface area (TPSA) is 86.8 Å². The molecule has 0 saturated carbocycles. The SMILES string of the molecule is O=C(NCCCN1CCOC(c2cnc3c(c2)N(Cc2ccccc2)C(=O)CN3)C1)c1ccccc1. The molecule has 1 aromatic heterocycles. The van der Waals surface area contributed by atoms with Crippen LogP contribution in [0.1, 0.15) is 34.0 Å². The molecule has 1 saturated heterocycles. The molecule has 0 radical (unpaired) electrons. The summed E-state index contributed by atoms with van der Waals surface area (Å²) < 4.78 is 6.09. The van der Waals surface area contributed by atoms with E-state index in [9.17, 15) is 9.59 Å². The number of benzene rings is 2. The summed E-state index contributed by atoms with van der Waals surface area (Å²) in [7, 11) is 0. The Kier molecular flexibility index (Phi) is 7.54. The van der Waals surface area contributed by atoms with Crippen LogP contribution in [0.2, 0.25) is 0 Å². The van der Waals surface area contributed by atoms with Gasteiger partial charge in [-0.05, 0) is 30.2 Å². The number of anilines is 2. The van der Waals surface area contributed by atoms with E-state index >= 15 is 0 Å². The summed E-state index contributed by atoms with van der Waals surface area (Å²) >= 11 is 0. The summed E-state index contributed by atoms with van der Waals surface area (Å²) in [6.07, 6.45) is 2.58. The van der Waals surface area contributed by atoms with Crippen molar-refractivity contribution in [1.82, 2.24) is 15.2 Å². The van der Waals surface area contributed by atoms with Gasteiger partial charge in [0, 0.05) is 43.5 Å². The standard InChI is InChI=1S/C28H31N5O3/c34-26-18-31-27-24(33(26)19-21-8-3-1-4-9-21)16-23(17-30-27)25-20-32(14-15-36-25)13-7-12-29-28(35)22-10-5-2-6-11-22/h1-6,8-11,16-17,25H,7,12-15,18-20H2,(H,29,35)(H,30,31). The number of amides is 2. The molecule has 5 rings (SSSR count). The number of hydrogen-bond acceptors (Lipinski definition) is 6. The third-order valence-corrected chi connectivity index (χ3v) is 6.57. The highest BCUT2D eigenvalue weighted by Crippen LogP contribution is 2.33. The average Bonchev–Trinajstić information content (AvgIpc) is 2.93. The first-order valence-corrected chi connectivity index (χ1v) is 12.4. The van der Waals surface area contributed by atoms with E-state index in [-0.39, 0.29) is 24.5 Å². The third kappa shape index (κ3) is 5.72. The molecule has 2 N–H and O–H groups in total. The number of ether oxygens (including phenoxy) is 1. The Hall–Kier alpha value is -3.75. The Morgan fingerprint density at radius 1 is 1.11 bits per heavy atom. The summed E-state index contributed by atoms with van der Waals surface area (Å²) in [5.74, 6) is 0.698. The molecule has 2 aromatic carbocycles. The van der Waals surface area contributed by atoms with Gasteiger partial charge in [-0.1, -0.05) is 48.5 Å². The second kappa shape index (κ2) is 11.3. The second-order valence-corrected chi connectivity index (χ2v) is 9.09. The van der Waals surface area contributed by atoms with Crippen LogP contribution in [-0.2, 0) is 16.1 Å². The Morgan fingerprint density at radius 3 is 2.69 bits per heavy atom. The van der Waals surface area contributed by atoms with Crippen LogP contribution in [0.4, 0.5) is 11.5 Å². The van der Waals surface area contributed by atoms with Crippen LogP contribution in [0.5, 0.6) is 0 Å². The normalized spacial score (nSPS) is 17.8. The zero-order valence-electron chi connectivity index (χ0n) is 20.2. The predicted molar refractivity (Wildman–Crippen MR) is 139 cm³/mol. The molecule has 36 heavy (non-hydrogen) atoms. The van der Waals surface area contributed by atoms with Crippen molar-refractivity contribution in [3.8, 4) is 0 Å². The molecule has 8 nitrogen and oxygen atoms in total. The second-order valence-electron chi connectivity index (χ2n) is 9.09. The van der Waals surface area contributed by atoms with Gasteiger partial charge >= 0.3 is 0 Å². The van der Waals surface area contributed by atoms with Crippen LogP contribution in [0.15, 0.2) is 72.9 Å². The molecule has 2 aliphatic rings. The van der Waals surface area contributed by atoms with Gasteiger partial charge in [-0.3, -0.25) is 14.5 Å². The van der Waals surface area contributed by atoms with Gasteiger partial charge in [0.2, 0.25) is 5.91 Å². The van der Waals surface area contributed by atoms with E-state index in [0.29, 0.717) is 25.3 Å². The number of nitrogens with zero attached hydrogens (tertiary/aromatic N) is 3. The Morgan fingerprint density at radius 2 is 1.89 bits per heavy atom. The number of pyridine rings is 1. The molecule has 2 amide bonds. The Bertz CT molecular complexity index is 1190. The first-order chi connectivity index (χ1) is 17.7. The van der Waals surface area contributed by atoms with Crippen LogP contribution in [0.25, 0.3) is 0 Å². The van der Waals surface area contributed by atoms with Crippen LogP contribution in [0.3, 0.4) is 0 Å². The number of aromatic nitrogens is 1. The number of carbonyl (C=O) groups excluding carboxylic acids is 2. The number of fused-ring (bicyclic) bond motifs is 1. The van der Waals surface area contributed by atoms with Crippen molar-refractivity contribution in [3.63, 3.8) is 0 Å². The molecular weight excluding hydrogens is 454 g/mol. The first-order valence-electron chi connectivity index (χ1n) is 12.4. The lowest BCUT2D eigenvalue weighted by Crippen LogP contribution is -2.41. The van der Waals surface area contributed by atoms with E-state index in [1.165, 1.54) is 0 Å². The van der Waals surface area contributed by atoms with Gasteiger partial charge in [0.1, 0.15) is 5.82 Å². The molecular formula is C28H31N5O3. The molecule has 8 heteroatoms. The minimum atomic E-state index is -0.119. The molecule has 1 fully saturated rings. The molecule has 3 aromatic rings. The summed E-state index contributed by atoms with van der Waals surface area (Å²) in [5.41, 5.74) is 3.50. The highest BCUT2D eigenvalue weighted by atomic mass is 16.5. The average molecular weight is 486 g/mol. The van der Waals surface area contributed by atoms with Gasteiger partial charge in [-0.2, -0.15) is 0 Å². The van der Waals surface area contributed by atoms with Crippen LogP contribution >= 0.6 is 0 Å². The quantitative estimate of drug-likeness (QED) is 0.477. The zero-order chi connectivity index (χ0) is 24.7. The fraction of sp³-hybridized carbons (Fsp3) is 0.321. The van der Waals surface area contributed by atoms with Crippen molar-refractivity contribution < 1.29 is 14.3 Å². The van der Waals surface area contributed by atoms with E-state index in [0.717, 1.165) is 48.7 Å². The van der Waals surface area contributed by atoms with Crippen molar-refractivity contribution in [3.05, 3.63) is 89.6 Å². The van der Waals surface area contributed by atoms with Crippen molar-refractivity contribution in [1.29, 1.82) is 0 Å². The Labute approximate surface area is 211 Å². The van der Waals surface area contributed by atoms with Crippen molar-refractivity contribution in [2.45, 2.75) is 19.1 Å². The number of rotatable bonds is 8. The van der Waals surface area contributed by atoms with E-state index in [1.807, 2.05) is 72.9 Å². The number of morpholine rings is 1. The van der Waals surface area contributed by atoms with E-state index in [4.69, 9.17) is 4.74 Å². The maximum atomic E-state index is 12.8. The van der Waals surface area contributed by atoms with Gasteiger partial charge in [-0.25, -0.2) is 4.98 Å². The highest BCUT2D eigenvalue weighted by molar-refractivity contribution is 6.01. The monoisotopic (exact) mass is 485 g/mol. The molecule has 1 unspecified atom stereocenters. The van der Waals surface area contributed by atoms with Crippen molar-refractivity contribution in [2.24, 2.45) is 0 Å². The van der Waals surface area contributed by atoms with Gasteiger partial charge in [-0.15, -0.1) is 0 Å². The molecule has 0 aliphatic carbocycles. The van der Waals surface area contributed by atoms with Crippen LogP contribution < -0.4 is 15.5 Å². The zero-order valence-corrected chi connectivity index (χ0v) is 20.2. The lowest BCUT2D eigenvalue weighted by Gasteiger charge is -2.34. The van der Waals surface area contributed by atoms with Crippen LogP contribution in [0, 0.1) is 0 Å². The third-order valence-electron chi connectivity index (χ3n) is 6.57. The lowest BCUT2D eigenvalue weighted by atomic mass is 10.1. The van der Waals surface area contributed by atoms with Crippen molar-refractivity contribution >= 4 is 23.3 Å². The maximum absolute atomic E-state index is 12.8. The summed E-state index contributed by atoms with van der Waals surface area (Å²) in [6, 6.07) is 21.3. The fourth-order valence-electron chi connectivity index (χ4n) is 4.62. The largest absolute Gasteiger partial charge is 0.371 e. The minimum Gasteiger partial charge on any atom is -0.371 e. The molecule has 0 spiro atoms. The molecule has 2 aliphatic heterocycles. The summed E-state index contributed by atoms with van der Waals surface area (Å²) in [4.78, 5) is 33.8. The molecule has 0 bridgehead atoms. The van der Waals surface area contributed by atoms with Gasteiger partial charge in [0.05, 0.1) is 31.5 Å². The number of carbonyl (C=O) groups is 2. The number of nitrogens with one attached hydrogen (secondary N) is 2. The molecule has 186 valence electrons. The maximum Gasteiger partial charge on any atom is 0.251 e. The van der Waals surface area contributed by atoms with Gasteiger partial charge in [0.25, 0.3) is 5.91 Å². The van der Waals surface area contributed by atoms with Crippen LogP contribution in [-0.4, -0.2) is 61.0 Å². The first kappa shape index (κ1) is 24.0. The van der Waals surface area contributed by atoms with Gasteiger partial charge < -0.3 is 20.3 Å². The highest BCUT2D eigenvalue weighted by Gasteiger charge is 2.28. The molecule has 1 atom stereocenters. The smallest absolute Gasteiger partial charge is 0.251 e. The van der Waals surface area contributed by atoms with E-state index < -0.39 is 0 Å². The predicted octanol–water partition coefficient (Wildman–Crippen LogP) is 3.23. The Balaban J connectivity index is 1.19. The van der Waals surface area contributed by atoms with Gasteiger partial charge in [0.15, 0.2) is 0 Å². The number of hydrogen-bond donors (Lipinski definition) is 2. The molecule has 3 heterocycles. The summed E-state index contributed by atoms with van der Waals surface area (Å²) in [6.45, 7) is 4.45. The van der Waals surface area contributed by atoms with E-state index in [1.54, 1.807) is 4.90 Å². The van der Waals surface area contributed by atoms with Crippen molar-refractivity contribution in [2.75, 3.05) is 49.5 Å². The van der Waals surface area contributed by atoms with E-state index in [2.05, 4.69) is 20.5 Å².